The number of carbonyl (C=O) groups excluding carboxylic acids is 1. The Kier molecular flexibility index (Phi) is 23.5. The van der Waals surface area contributed by atoms with Crippen molar-refractivity contribution in [2.75, 3.05) is 6.61 Å². The van der Waals surface area contributed by atoms with Crippen LogP contribution in [0.3, 0.4) is 0 Å². The van der Waals surface area contributed by atoms with Crippen LogP contribution in [-0.4, -0.2) is 96.8 Å². The summed E-state index contributed by atoms with van der Waals surface area (Å²) in [7, 11) is -5.05. The normalized spacial score (nSPS) is 26.2. The van der Waals surface area contributed by atoms with Gasteiger partial charge in [-0.15, -0.1) is 0 Å². The molecule has 1 saturated carbocycles. The van der Waals surface area contributed by atoms with Crippen molar-refractivity contribution >= 4 is 13.7 Å². The smallest absolute Gasteiger partial charge is 0.387 e. The quantitative estimate of drug-likeness (QED) is 0.0351. The number of allylic oxidation sites excluding steroid dienone is 1. The minimum atomic E-state index is -5.05. The van der Waals surface area contributed by atoms with Crippen molar-refractivity contribution in [2.24, 2.45) is 0 Å². The van der Waals surface area contributed by atoms with E-state index in [1.165, 1.54) is 70.3 Å². The van der Waals surface area contributed by atoms with Gasteiger partial charge in [-0.3, -0.25) is 13.8 Å². The van der Waals surface area contributed by atoms with Gasteiger partial charge in [-0.1, -0.05) is 122 Å². The fraction of sp³-hybridized carbons (Fsp3) is 0.909. The molecule has 1 rings (SSSR count). The Labute approximate surface area is 276 Å². The first-order chi connectivity index (χ1) is 21.9. The Hall–Kier alpha value is -0.920. The Bertz CT molecular complexity index is 847. The zero-order valence-corrected chi connectivity index (χ0v) is 29.0. The Morgan fingerprint density at radius 1 is 0.717 bits per heavy atom. The maximum atomic E-state index is 12.7. The number of aliphatic hydroxyl groups is 6. The molecule has 0 spiro atoms. The van der Waals surface area contributed by atoms with Crippen LogP contribution in [0.25, 0.3) is 0 Å². The third-order valence-electron chi connectivity index (χ3n) is 8.57. The lowest BCUT2D eigenvalue weighted by atomic mass is 9.85. The van der Waals surface area contributed by atoms with Gasteiger partial charge < -0.3 is 40.8 Å². The summed E-state index contributed by atoms with van der Waals surface area (Å²) in [5.74, 6) is -0.347. The molecule has 1 fully saturated rings. The molecule has 46 heavy (non-hydrogen) atoms. The molecule has 0 aromatic carbocycles. The monoisotopic (exact) mass is 681 g/mol. The summed E-state index contributed by atoms with van der Waals surface area (Å²) in [5.41, 5.74) is 0. The number of carbonyl (C=O) groups is 1. The van der Waals surface area contributed by atoms with Gasteiger partial charge >= 0.3 is 7.82 Å². The van der Waals surface area contributed by atoms with Crippen LogP contribution in [0.4, 0.5) is 0 Å². The van der Waals surface area contributed by atoms with Crippen LogP contribution in [0.2, 0.25) is 0 Å². The van der Waals surface area contributed by atoms with Gasteiger partial charge in [0.2, 0.25) is 5.91 Å². The summed E-state index contributed by atoms with van der Waals surface area (Å²) in [6.07, 6.45) is 10.4. The second kappa shape index (κ2) is 25.1. The van der Waals surface area contributed by atoms with Crippen molar-refractivity contribution in [1.82, 2.24) is 5.32 Å². The molecule has 1 amide bonds. The molecule has 6 unspecified atom stereocenters. The van der Waals surface area contributed by atoms with E-state index in [0.29, 0.717) is 6.42 Å². The van der Waals surface area contributed by atoms with Gasteiger partial charge in [0.1, 0.15) is 36.6 Å². The van der Waals surface area contributed by atoms with E-state index in [4.69, 9.17) is 9.05 Å². The lowest BCUT2D eigenvalue weighted by molar-refractivity contribution is -0.220. The first-order valence-electron chi connectivity index (χ1n) is 17.6. The summed E-state index contributed by atoms with van der Waals surface area (Å²) < 4.78 is 22.6. The minimum Gasteiger partial charge on any atom is -0.387 e. The van der Waals surface area contributed by atoms with Gasteiger partial charge in [0.05, 0.1) is 18.8 Å². The number of unbranched alkanes of at least 4 members (excludes halogenated alkanes) is 16. The number of amides is 1. The average molecular weight is 682 g/mol. The maximum Gasteiger partial charge on any atom is 0.472 e. The van der Waals surface area contributed by atoms with E-state index < -0.39 is 63.2 Å². The largest absolute Gasteiger partial charge is 0.472 e. The fourth-order valence-electron chi connectivity index (χ4n) is 5.55. The first-order valence-corrected chi connectivity index (χ1v) is 19.1. The SMILES string of the molecule is CCCCCCCCC/C=C/[C@@H](O)[C@H](COP(=O)(O)OC1C(O)C(O)C(O)[C@@H](O)C1O)NC(=O)CCCCCCCCCCCC. The number of nitrogens with one attached hydrogen (secondary N) is 1. The summed E-state index contributed by atoms with van der Waals surface area (Å²) in [5, 5.41) is 63.3. The minimum absolute atomic E-state index is 0.216. The zero-order chi connectivity index (χ0) is 34.4. The molecule has 0 aliphatic heterocycles. The van der Waals surface area contributed by atoms with Gasteiger partial charge in [-0.2, -0.15) is 0 Å². The van der Waals surface area contributed by atoms with Gasteiger partial charge in [-0.05, 0) is 19.3 Å². The molecule has 13 heteroatoms. The van der Waals surface area contributed by atoms with E-state index in [0.717, 1.165) is 44.9 Å². The van der Waals surface area contributed by atoms with Crippen molar-refractivity contribution < 1.29 is 53.9 Å². The number of hydrogen-bond acceptors (Lipinski definition) is 10. The molecular weight excluding hydrogens is 617 g/mol. The highest BCUT2D eigenvalue weighted by molar-refractivity contribution is 7.47. The van der Waals surface area contributed by atoms with Crippen molar-refractivity contribution in [1.29, 1.82) is 0 Å². The Balaban J connectivity index is 2.66. The molecule has 0 bridgehead atoms. The molecular formula is C33H64NO11P. The molecule has 8 N–H and O–H groups in total. The van der Waals surface area contributed by atoms with E-state index >= 15 is 0 Å². The molecule has 0 aromatic heterocycles. The van der Waals surface area contributed by atoms with E-state index in [2.05, 4.69) is 19.2 Å². The highest BCUT2D eigenvalue weighted by atomic mass is 31.2. The van der Waals surface area contributed by atoms with Crippen molar-refractivity contribution in [3.05, 3.63) is 12.2 Å². The molecule has 0 heterocycles. The van der Waals surface area contributed by atoms with Crippen LogP contribution in [0.15, 0.2) is 12.2 Å². The molecule has 272 valence electrons. The standard InChI is InChI=1S/C33H64NO11P/c1-3-5-7-9-11-13-15-17-19-21-23-27(36)34-25(26(35)22-20-18-16-14-12-10-8-6-4-2)24-44-46(42,43)45-33-31(40)29(38)28(37)30(39)32(33)41/h20,22,25-26,28-33,35,37-41H,3-19,21,23-24H2,1-2H3,(H,34,36)(H,42,43)/b22-20+/t25-,26+,28?,29+,30?,31?,32?,33?/m0/s1. The summed E-state index contributed by atoms with van der Waals surface area (Å²) in [6.45, 7) is 3.73. The second-order valence-electron chi connectivity index (χ2n) is 12.7. The molecule has 12 nitrogen and oxygen atoms in total. The topological polar surface area (TPSA) is 206 Å². The number of phosphoric acid groups is 1. The van der Waals surface area contributed by atoms with Gasteiger partial charge in [-0.25, -0.2) is 4.57 Å². The number of rotatable bonds is 27. The number of aliphatic hydroxyl groups excluding tert-OH is 6. The van der Waals surface area contributed by atoms with E-state index in [1.54, 1.807) is 6.08 Å². The van der Waals surface area contributed by atoms with Crippen LogP contribution in [0.1, 0.15) is 136 Å². The molecule has 0 radical (unpaired) electrons. The molecule has 1 aliphatic rings. The predicted octanol–water partition coefficient (Wildman–Crippen LogP) is 4.16. The van der Waals surface area contributed by atoms with Crippen LogP contribution in [0.5, 0.6) is 0 Å². The van der Waals surface area contributed by atoms with Gasteiger partial charge in [0.15, 0.2) is 0 Å². The fourth-order valence-corrected chi connectivity index (χ4v) is 6.51. The highest BCUT2D eigenvalue weighted by Crippen LogP contribution is 2.47. The molecule has 0 aromatic rings. The van der Waals surface area contributed by atoms with Crippen molar-refractivity contribution in [3.8, 4) is 0 Å². The number of phosphoric ester groups is 1. The summed E-state index contributed by atoms with van der Waals surface area (Å²) >= 11 is 0. The van der Waals surface area contributed by atoms with Crippen molar-refractivity contribution in [3.63, 3.8) is 0 Å². The zero-order valence-electron chi connectivity index (χ0n) is 28.1. The summed E-state index contributed by atoms with van der Waals surface area (Å²) in [6, 6.07) is -1.11. The molecule has 9 atom stereocenters. The third-order valence-corrected chi connectivity index (χ3v) is 9.55. The second-order valence-corrected chi connectivity index (χ2v) is 14.1. The van der Waals surface area contributed by atoms with E-state index in [1.807, 2.05) is 0 Å². The van der Waals surface area contributed by atoms with Crippen LogP contribution < -0.4 is 5.32 Å². The summed E-state index contributed by atoms with van der Waals surface area (Å²) in [4.78, 5) is 23.0. The number of hydrogen-bond donors (Lipinski definition) is 8. The van der Waals surface area contributed by atoms with E-state index in [9.17, 15) is 44.9 Å². The lowest BCUT2D eigenvalue weighted by Gasteiger charge is -2.41. The highest BCUT2D eigenvalue weighted by Gasteiger charge is 2.51. The predicted molar refractivity (Wildman–Crippen MR) is 177 cm³/mol. The van der Waals surface area contributed by atoms with E-state index in [-0.39, 0.29) is 12.3 Å². The molecule has 1 aliphatic carbocycles. The van der Waals surface area contributed by atoms with Crippen LogP contribution in [0, 0.1) is 0 Å². The molecule has 0 saturated heterocycles. The maximum absolute atomic E-state index is 12.7. The van der Waals surface area contributed by atoms with Crippen molar-refractivity contribution in [2.45, 2.75) is 185 Å². The third kappa shape index (κ3) is 18.0. The van der Waals surface area contributed by atoms with Gasteiger partial charge in [0.25, 0.3) is 0 Å². The Morgan fingerprint density at radius 3 is 1.65 bits per heavy atom. The average Bonchev–Trinajstić information content (AvgIpc) is 3.03. The van der Waals surface area contributed by atoms with Crippen LogP contribution in [-0.2, 0) is 18.4 Å². The Morgan fingerprint density at radius 2 is 1.15 bits per heavy atom. The van der Waals surface area contributed by atoms with Gasteiger partial charge in [0, 0.05) is 6.42 Å². The first kappa shape index (κ1) is 43.1. The van der Waals surface area contributed by atoms with Crippen LogP contribution >= 0.6 is 7.82 Å². The lowest BCUT2D eigenvalue weighted by Crippen LogP contribution is -2.64.